The van der Waals surface area contributed by atoms with Gasteiger partial charge in [-0.05, 0) is 68.6 Å². The molecule has 37 heteroatoms. The lowest BCUT2D eigenvalue weighted by atomic mass is 9.90. The third kappa shape index (κ3) is 17.2. The van der Waals surface area contributed by atoms with Crippen LogP contribution in [0, 0.1) is 35.3 Å². The Morgan fingerprint density at radius 2 is 0.906 bits per heavy atom. The summed E-state index contributed by atoms with van der Waals surface area (Å²) in [4.78, 5) is 51.6. The Labute approximate surface area is 689 Å². The molecule has 630 valence electrons. The van der Waals surface area contributed by atoms with E-state index in [4.69, 9.17) is 57.4 Å². The fourth-order valence-electron chi connectivity index (χ4n) is 15.9. The molecule has 13 rings (SSSR count). The highest BCUT2D eigenvalue weighted by atomic mass is 28.5. The number of aliphatic hydroxyl groups is 3. The van der Waals surface area contributed by atoms with Gasteiger partial charge in [0.05, 0.1) is 55.5 Å². The number of carbonyl (C=O) groups is 2. The Morgan fingerprint density at radius 1 is 0.538 bits per heavy atom. The normalized spacial score (nSPS) is 26.8. The second kappa shape index (κ2) is 34.7. The van der Waals surface area contributed by atoms with Crippen LogP contribution in [0.15, 0.2) is 98.2 Å². The van der Waals surface area contributed by atoms with Crippen LogP contribution in [0.25, 0.3) is 16.9 Å². The molecule has 7 N–H and O–H groups in total. The molecular weight excluding hydrogens is 1600 g/mol. The molecular formula is C80H113F2N15O14Si6. The van der Waals surface area contributed by atoms with Crippen molar-refractivity contribution in [2.45, 2.75) is 266 Å². The van der Waals surface area contributed by atoms with Gasteiger partial charge in [-0.1, -0.05) is 204 Å². The lowest BCUT2D eigenvalue weighted by molar-refractivity contribution is -0.0437. The van der Waals surface area contributed by atoms with E-state index in [1.54, 1.807) is 59.2 Å². The molecule has 12 atom stereocenters. The summed E-state index contributed by atoms with van der Waals surface area (Å²) in [5, 5.41) is 50.5. The van der Waals surface area contributed by atoms with Crippen LogP contribution in [0.1, 0.15) is 167 Å². The van der Waals surface area contributed by atoms with Crippen molar-refractivity contribution in [1.82, 2.24) is 58.7 Å². The first-order chi connectivity index (χ1) is 54.9. The van der Waals surface area contributed by atoms with E-state index < -0.39 is 129 Å². The first kappa shape index (κ1) is 90.0. The molecule has 0 spiro atoms. The molecule has 8 aromatic rings. The number of carbonyl (C=O) groups excluding carboxylic acids is 2. The monoisotopic (exact) mass is 1710 g/mol. The molecule has 117 heavy (non-hydrogen) atoms. The van der Waals surface area contributed by atoms with Gasteiger partial charge in [-0.2, -0.15) is 15.3 Å². The summed E-state index contributed by atoms with van der Waals surface area (Å²) in [6, 6.07) is 17.7. The maximum Gasteiger partial charge on any atom is 0.335 e. The van der Waals surface area contributed by atoms with Gasteiger partial charge in [0.1, 0.15) is 90.1 Å². The quantitative estimate of drug-likeness (QED) is 0.0386. The molecule has 11 heterocycles. The number of nitrogen functional groups attached to an aromatic ring is 1. The van der Waals surface area contributed by atoms with Crippen molar-refractivity contribution < 1.29 is 73.8 Å². The van der Waals surface area contributed by atoms with E-state index >= 15 is 4.39 Å². The van der Waals surface area contributed by atoms with Crippen molar-refractivity contribution in [1.29, 1.82) is 0 Å². The fourth-order valence-corrected chi connectivity index (χ4v) is 39.5. The first-order valence-corrected chi connectivity index (χ1v) is 54.8. The van der Waals surface area contributed by atoms with Gasteiger partial charge in [0.15, 0.2) is 40.0 Å². The number of nitrogens with one attached hydrogen (secondary N) is 2. The number of benzene rings is 2. The summed E-state index contributed by atoms with van der Waals surface area (Å²) in [6.07, 6.45) is 3.74. The van der Waals surface area contributed by atoms with Gasteiger partial charge >= 0.3 is 34.2 Å². The van der Waals surface area contributed by atoms with Crippen LogP contribution in [0.4, 0.5) is 26.2 Å². The third-order valence-corrected chi connectivity index (χ3v) is 44.3. The second-order valence-corrected chi connectivity index (χ2v) is 62.3. The Bertz CT molecular complexity index is 4770. The van der Waals surface area contributed by atoms with Crippen molar-refractivity contribution in [3.05, 3.63) is 126 Å². The van der Waals surface area contributed by atoms with E-state index in [-0.39, 0.29) is 104 Å². The number of amides is 2. The molecule has 0 radical (unpaired) electrons. The number of ether oxygens (including phenoxy) is 3. The minimum atomic E-state index is -3.19. The molecule has 5 aliphatic rings. The molecule has 0 unspecified atom stereocenters. The van der Waals surface area contributed by atoms with Gasteiger partial charge in [0.2, 0.25) is 11.3 Å². The van der Waals surface area contributed by atoms with Gasteiger partial charge in [-0.15, -0.1) is 17.5 Å². The van der Waals surface area contributed by atoms with Gasteiger partial charge in [0.25, 0.3) is 11.8 Å². The average Bonchev–Trinajstić information content (AvgIpc) is 1.60. The topological polar surface area (TPSA) is 357 Å². The Morgan fingerprint density at radius 3 is 1.32 bits per heavy atom. The number of nitrogens with two attached hydrogens (primary N) is 1. The van der Waals surface area contributed by atoms with Crippen molar-refractivity contribution in [3.63, 3.8) is 0 Å². The van der Waals surface area contributed by atoms with Crippen LogP contribution in [0.5, 0.6) is 0 Å². The number of fused-ring (bicyclic) bond motifs is 5. The highest BCUT2D eigenvalue weighted by Crippen LogP contribution is 2.56. The zero-order valence-electron chi connectivity index (χ0n) is 70.8. The predicted octanol–water partition coefficient (Wildman–Crippen LogP) is 12.6. The Kier molecular flexibility index (Phi) is 26.7. The van der Waals surface area contributed by atoms with Crippen molar-refractivity contribution in [2.24, 2.45) is 0 Å². The Hall–Kier alpha value is -7.81. The molecule has 2 aromatic carbocycles. The fraction of sp³-hybridized carbons (Fsp3) is 0.562. The molecule has 2 amide bonds. The number of anilines is 3. The van der Waals surface area contributed by atoms with Crippen LogP contribution >= 0.6 is 0 Å². The van der Waals surface area contributed by atoms with Crippen molar-refractivity contribution in [2.75, 3.05) is 36.2 Å². The van der Waals surface area contributed by atoms with Gasteiger partial charge in [0, 0.05) is 11.1 Å². The molecule has 5 fully saturated rings. The number of nitrogens with zero attached hydrogens (tertiary/aromatic N) is 12. The second-order valence-electron chi connectivity index (χ2n) is 35.1. The Balaban J connectivity index is 0.000000185. The lowest BCUT2D eigenvalue weighted by Gasteiger charge is -2.52. The average molecular weight is 1720 g/mol. The summed E-state index contributed by atoms with van der Waals surface area (Å²) in [5.41, 5.74) is 9.13. The third-order valence-electron chi connectivity index (χ3n) is 22.1. The predicted molar refractivity (Wildman–Crippen MR) is 453 cm³/mol. The highest BCUT2D eigenvalue weighted by molar-refractivity contribution is 6.85. The van der Waals surface area contributed by atoms with Crippen LogP contribution in [0.2, 0.25) is 83.6 Å². The zero-order chi connectivity index (χ0) is 85.7. The number of hydrogen-bond donors (Lipinski definition) is 6. The number of terminal acetylenes is 1. The largest absolute Gasteiger partial charge is 0.414 e. The number of halogens is 2. The summed E-state index contributed by atoms with van der Waals surface area (Å²) < 4.78 is 99.4. The summed E-state index contributed by atoms with van der Waals surface area (Å²) >= 11 is 0. The lowest BCUT2D eigenvalue weighted by Crippen LogP contribution is -2.67. The van der Waals surface area contributed by atoms with E-state index in [0.717, 1.165) is 0 Å². The smallest absolute Gasteiger partial charge is 0.335 e. The van der Waals surface area contributed by atoms with Crippen LogP contribution in [-0.2, 0) is 40.1 Å². The summed E-state index contributed by atoms with van der Waals surface area (Å²) in [6.45, 7) is 46.6. The molecule has 29 nitrogen and oxygen atoms in total. The van der Waals surface area contributed by atoms with Crippen molar-refractivity contribution in [3.8, 4) is 35.3 Å². The maximum absolute atomic E-state index is 18.3. The first-order valence-electron chi connectivity index (χ1n) is 39.9. The SMILES string of the molecule is C#C[C@@]1(F)[C@H](O)[C@@H](CO)O[C@H]1c1cnc2c(N)ncnn12.CC(C)[Si]1(C(C)C)OC[C@H]2O[C@@H](c3cnc4c(NC(=O)c5ccccc5)ncnn34)[C@@](F)(C#C[Si](C)(C)C)[C@@H]2O[Si](C(C)C)(C(C)C)O1.CC(C)[Si]1(C(C)C)OC[C@H]2O[C@@H](c3cnc4c(NC(=O)c5ccccc5)ncnn34)[C@](O)(C#C[Si](C)(C)C)[C@@H]2O[Si](C(C)C)(C(C)C)O1. The van der Waals surface area contributed by atoms with E-state index in [0.29, 0.717) is 28.2 Å². The summed E-state index contributed by atoms with van der Waals surface area (Å²) in [5.74, 6) is 8.10. The minimum Gasteiger partial charge on any atom is -0.414 e. The maximum atomic E-state index is 18.3. The minimum absolute atomic E-state index is 0.00297. The van der Waals surface area contributed by atoms with Gasteiger partial charge in [-0.3, -0.25) is 9.59 Å². The molecule has 5 saturated heterocycles. The number of aromatic nitrogens is 12. The zero-order valence-corrected chi connectivity index (χ0v) is 76.8. The van der Waals surface area contributed by atoms with Crippen LogP contribution in [-0.4, -0.2) is 210 Å². The molecule has 5 aliphatic heterocycles. The van der Waals surface area contributed by atoms with E-state index in [2.05, 4.69) is 229 Å². The summed E-state index contributed by atoms with van der Waals surface area (Å²) in [7, 11) is -16.1. The van der Waals surface area contributed by atoms with E-state index in [1.165, 1.54) is 40.4 Å². The standard InChI is InChI=1S/C34H50FN5O5Si3.C34H51N5O6Si3.C12H12FN5O3/c1-22(2)47(23(3)4)42-20-28-30(44-48(45-47,24(5)6)25(7)8)34(35,17-18-46(9,10)11)29(43-28)27-19-36-32-31(37-21-38-40(27)32)39-33(41)26-15-13-12-14-16-26;1-22(2)47(23(3)4)42-20-28-30(44-48(45-47,24(5)6)25(7)8)34(41,17-18-46(9,10)11)29(43-28)27-19-35-32-31(36-21-37-39(27)32)38-33(40)26-15-13-12-14-16-26;1-2-12(13)8(20)7(4-19)21-9(12)6-3-15-11-10(14)16-5-17-18(6)11/h12-16,19,21-25,28-30H,20H2,1-11H3,(H,37,38,39,41);12-16,19,21-25,28-30,41H,20H2,1-11H3,(H,36,37,38,40);1,3,5,7-9,19-20H,4H2,(H2,14,16,17)/t28-,29+,30-,34+;28-,29+,30-,34-;7-,8-,9+,12-/m111/s1. The van der Waals surface area contributed by atoms with Crippen LogP contribution in [0.3, 0.4) is 0 Å². The van der Waals surface area contributed by atoms with Crippen LogP contribution < -0.4 is 16.4 Å². The van der Waals surface area contributed by atoms with E-state index in [1.807, 2.05) is 18.1 Å². The van der Waals surface area contributed by atoms with Gasteiger partial charge < -0.3 is 71.8 Å². The molecule has 0 aliphatic carbocycles. The number of alkyl halides is 2. The molecule has 0 bridgehead atoms. The number of aliphatic hydroxyl groups excluding tert-OH is 2. The number of hydrogen-bond acceptors (Lipinski definition) is 24. The number of rotatable bonds is 16. The molecule has 6 aromatic heterocycles. The van der Waals surface area contributed by atoms with E-state index in [9.17, 15) is 24.2 Å². The highest BCUT2D eigenvalue weighted by Gasteiger charge is 2.69. The van der Waals surface area contributed by atoms with Crippen molar-refractivity contribution >= 4 is 96.6 Å². The molecule has 0 saturated carbocycles. The number of imidazole rings is 3. The van der Waals surface area contributed by atoms with Gasteiger partial charge in [-0.25, -0.2) is 52.2 Å².